The first kappa shape index (κ1) is 18.4. The molecule has 3 rings (SSSR count). The molecule has 1 aliphatic heterocycles. The first-order valence-corrected chi connectivity index (χ1v) is 9.40. The van der Waals surface area contributed by atoms with Gasteiger partial charge in [0, 0.05) is 38.6 Å². The molecule has 26 heavy (non-hydrogen) atoms. The van der Waals surface area contributed by atoms with Crippen LogP contribution in [0.25, 0.3) is 0 Å². The lowest BCUT2D eigenvalue weighted by Crippen LogP contribution is -2.34. The highest BCUT2D eigenvalue weighted by Gasteiger charge is 2.16. The summed E-state index contributed by atoms with van der Waals surface area (Å²) in [6, 6.07) is 12.2. The molecule has 0 bridgehead atoms. The number of carbonyl (C=O) groups is 1. The Morgan fingerprint density at radius 1 is 1.04 bits per heavy atom. The number of urea groups is 1. The fourth-order valence-electron chi connectivity index (χ4n) is 3.38. The Hall–Kier alpha value is -2.40. The Morgan fingerprint density at radius 3 is 2.31 bits per heavy atom. The molecule has 1 fully saturated rings. The minimum atomic E-state index is -0.159. The maximum Gasteiger partial charge on any atom is 0.315 e. The van der Waals surface area contributed by atoms with Gasteiger partial charge < -0.3 is 10.6 Å². The van der Waals surface area contributed by atoms with Crippen molar-refractivity contribution in [1.82, 2.24) is 20.5 Å². The predicted molar refractivity (Wildman–Crippen MR) is 103 cm³/mol. The van der Waals surface area contributed by atoms with E-state index in [9.17, 15) is 4.79 Å². The monoisotopic (exact) mass is 352 g/mol. The van der Waals surface area contributed by atoms with Crippen molar-refractivity contribution in [2.75, 3.05) is 13.1 Å². The van der Waals surface area contributed by atoms with Crippen LogP contribution in [0.3, 0.4) is 0 Å². The van der Waals surface area contributed by atoms with Gasteiger partial charge in [0.05, 0.1) is 0 Å². The Kier molecular flexibility index (Phi) is 6.61. The van der Waals surface area contributed by atoms with E-state index in [2.05, 4.69) is 51.7 Å². The zero-order valence-corrected chi connectivity index (χ0v) is 15.4. The predicted octanol–water partition coefficient (Wildman–Crippen LogP) is 3.31. The highest BCUT2D eigenvalue weighted by Crippen LogP contribution is 2.18. The van der Waals surface area contributed by atoms with Crippen molar-refractivity contribution in [1.29, 1.82) is 0 Å². The van der Waals surface area contributed by atoms with E-state index in [4.69, 9.17) is 0 Å². The van der Waals surface area contributed by atoms with Gasteiger partial charge in [-0.3, -0.25) is 9.88 Å². The van der Waals surface area contributed by atoms with Crippen LogP contribution in [0.4, 0.5) is 4.79 Å². The van der Waals surface area contributed by atoms with Gasteiger partial charge in [-0.05, 0) is 54.1 Å². The number of rotatable bonds is 6. The van der Waals surface area contributed by atoms with Crippen LogP contribution < -0.4 is 10.6 Å². The van der Waals surface area contributed by atoms with Gasteiger partial charge in [0.1, 0.15) is 0 Å². The highest BCUT2D eigenvalue weighted by molar-refractivity contribution is 5.73. The molecule has 138 valence electrons. The van der Waals surface area contributed by atoms with Gasteiger partial charge in [0.2, 0.25) is 0 Å². The average Bonchev–Trinajstić information content (AvgIpc) is 2.67. The molecular formula is C21H28N4O. The van der Waals surface area contributed by atoms with Gasteiger partial charge in [-0.25, -0.2) is 4.79 Å². The molecule has 2 N–H and O–H groups in total. The van der Waals surface area contributed by atoms with Crippen molar-refractivity contribution in [2.45, 2.75) is 39.4 Å². The van der Waals surface area contributed by atoms with Crippen LogP contribution in [0, 0.1) is 5.92 Å². The molecule has 1 atom stereocenters. The van der Waals surface area contributed by atoms with Gasteiger partial charge in [0.25, 0.3) is 0 Å². The summed E-state index contributed by atoms with van der Waals surface area (Å²) in [5.74, 6) is 0.804. The minimum absolute atomic E-state index is 0.159. The maximum atomic E-state index is 11.9. The van der Waals surface area contributed by atoms with Gasteiger partial charge in [0.15, 0.2) is 0 Å². The van der Waals surface area contributed by atoms with Gasteiger partial charge in [-0.2, -0.15) is 0 Å². The SMILES string of the molecule is C[C@H]1CCCN(Cc2ccc(CNC(=O)NCc3ccncc3)cc2)C1. The molecular weight excluding hydrogens is 324 g/mol. The summed E-state index contributed by atoms with van der Waals surface area (Å²) in [5, 5.41) is 5.75. The molecule has 0 spiro atoms. The van der Waals surface area contributed by atoms with Crippen molar-refractivity contribution < 1.29 is 4.79 Å². The summed E-state index contributed by atoms with van der Waals surface area (Å²) >= 11 is 0. The van der Waals surface area contributed by atoms with E-state index in [0.29, 0.717) is 13.1 Å². The van der Waals surface area contributed by atoms with Gasteiger partial charge in [-0.1, -0.05) is 31.2 Å². The third kappa shape index (κ3) is 5.85. The minimum Gasteiger partial charge on any atom is -0.334 e. The molecule has 1 aromatic carbocycles. The Bertz CT molecular complexity index is 687. The average molecular weight is 352 g/mol. The van der Waals surface area contributed by atoms with Crippen LogP contribution >= 0.6 is 0 Å². The lowest BCUT2D eigenvalue weighted by atomic mass is 9.99. The molecule has 0 unspecified atom stereocenters. The zero-order valence-electron chi connectivity index (χ0n) is 15.4. The number of amides is 2. The molecule has 2 aromatic rings. The van der Waals surface area contributed by atoms with E-state index in [1.165, 1.54) is 31.5 Å². The van der Waals surface area contributed by atoms with Crippen LogP contribution in [-0.4, -0.2) is 29.0 Å². The Balaban J connectivity index is 1.40. The molecule has 0 radical (unpaired) electrons. The van der Waals surface area contributed by atoms with Crippen molar-refractivity contribution in [2.24, 2.45) is 5.92 Å². The molecule has 2 amide bonds. The highest BCUT2D eigenvalue weighted by atomic mass is 16.2. The van der Waals surface area contributed by atoms with Gasteiger partial charge in [-0.15, -0.1) is 0 Å². The molecule has 5 nitrogen and oxygen atoms in total. The van der Waals surface area contributed by atoms with Crippen molar-refractivity contribution in [3.05, 3.63) is 65.5 Å². The number of nitrogens with one attached hydrogen (secondary N) is 2. The zero-order chi connectivity index (χ0) is 18.2. The molecule has 1 aliphatic rings. The second-order valence-electron chi connectivity index (χ2n) is 7.19. The first-order chi connectivity index (χ1) is 12.7. The van der Waals surface area contributed by atoms with Crippen LogP contribution in [-0.2, 0) is 19.6 Å². The van der Waals surface area contributed by atoms with Crippen LogP contribution in [0.5, 0.6) is 0 Å². The lowest BCUT2D eigenvalue weighted by Gasteiger charge is -2.30. The number of likely N-dealkylation sites (tertiary alicyclic amines) is 1. The number of benzene rings is 1. The van der Waals surface area contributed by atoms with Crippen molar-refractivity contribution in [3.8, 4) is 0 Å². The summed E-state index contributed by atoms with van der Waals surface area (Å²) in [7, 11) is 0. The number of aromatic nitrogens is 1. The number of piperidine rings is 1. The third-order valence-electron chi connectivity index (χ3n) is 4.83. The topological polar surface area (TPSA) is 57.3 Å². The fourth-order valence-corrected chi connectivity index (χ4v) is 3.38. The van der Waals surface area contributed by atoms with Crippen molar-refractivity contribution in [3.63, 3.8) is 0 Å². The number of carbonyl (C=O) groups excluding carboxylic acids is 1. The molecule has 2 heterocycles. The second-order valence-corrected chi connectivity index (χ2v) is 7.19. The van der Waals surface area contributed by atoms with Crippen molar-refractivity contribution >= 4 is 6.03 Å². The molecule has 5 heteroatoms. The summed E-state index contributed by atoms with van der Waals surface area (Å²) in [6.07, 6.45) is 6.10. The first-order valence-electron chi connectivity index (χ1n) is 9.40. The Morgan fingerprint density at radius 2 is 1.65 bits per heavy atom. The van der Waals surface area contributed by atoms with E-state index >= 15 is 0 Å². The summed E-state index contributed by atoms with van der Waals surface area (Å²) in [5.41, 5.74) is 3.48. The molecule has 1 aromatic heterocycles. The van der Waals surface area contributed by atoms with E-state index < -0.39 is 0 Å². The van der Waals surface area contributed by atoms with E-state index in [1.54, 1.807) is 12.4 Å². The maximum absolute atomic E-state index is 11.9. The number of nitrogens with zero attached hydrogens (tertiary/aromatic N) is 2. The summed E-state index contributed by atoms with van der Waals surface area (Å²) in [4.78, 5) is 18.4. The number of pyridine rings is 1. The summed E-state index contributed by atoms with van der Waals surface area (Å²) in [6.45, 7) is 6.78. The third-order valence-corrected chi connectivity index (χ3v) is 4.83. The molecule has 0 aliphatic carbocycles. The molecule has 1 saturated heterocycles. The number of hydrogen-bond donors (Lipinski definition) is 2. The fraction of sp³-hybridized carbons (Fsp3) is 0.429. The van der Waals surface area contributed by atoms with E-state index in [1.807, 2.05) is 12.1 Å². The van der Waals surface area contributed by atoms with Crippen LogP contribution in [0.2, 0.25) is 0 Å². The Labute approximate surface area is 155 Å². The smallest absolute Gasteiger partial charge is 0.315 e. The van der Waals surface area contributed by atoms with E-state index in [0.717, 1.165) is 23.6 Å². The van der Waals surface area contributed by atoms with E-state index in [-0.39, 0.29) is 6.03 Å². The largest absolute Gasteiger partial charge is 0.334 e. The van der Waals surface area contributed by atoms with Crippen LogP contribution in [0.15, 0.2) is 48.8 Å². The molecule has 0 saturated carbocycles. The normalized spacial score (nSPS) is 17.7. The lowest BCUT2D eigenvalue weighted by molar-refractivity contribution is 0.176. The second kappa shape index (κ2) is 9.34. The summed E-state index contributed by atoms with van der Waals surface area (Å²) < 4.78 is 0. The number of hydrogen-bond acceptors (Lipinski definition) is 3. The van der Waals surface area contributed by atoms with Crippen LogP contribution in [0.1, 0.15) is 36.5 Å². The standard InChI is InChI=1S/C21H28N4O/c1-17-3-2-12-25(15-17)16-20-6-4-18(5-7-20)13-23-21(26)24-14-19-8-10-22-11-9-19/h4-11,17H,2-3,12-16H2,1H3,(H2,23,24,26)/t17-/m0/s1. The quantitative estimate of drug-likeness (QED) is 0.838. The van der Waals surface area contributed by atoms with Gasteiger partial charge >= 0.3 is 6.03 Å².